The average Bonchev–Trinajstić information content (AvgIpc) is 2.95. The number of carboxylic acid groups (broad SMARTS) is 1. The Hall–Kier alpha value is -2.53. The van der Waals surface area contributed by atoms with Crippen LogP contribution in [0, 0.1) is 0 Å². The van der Waals surface area contributed by atoms with Crippen molar-refractivity contribution in [3.63, 3.8) is 0 Å². The van der Waals surface area contributed by atoms with Gasteiger partial charge in [-0.1, -0.05) is 77.0 Å². The molecule has 0 aromatic carbocycles. The van der Waals surface area contributed by atoms with E-state index in [0.717, 1.165) is 38.5 Å². The molecule has 0 saturated heterocycles. The standard InChI is InChI=1S/C33H61N3O8/c1-28(37)27-44-26-25-43-24-23-35-32(42)33(2,3)36-30(39)20-18-22-34-29(38)19-16-14-12-10-8-6-4-5-7-9-11-13-15-17-21-31(40)41/h4-27H2,1-3H3,(H,34,38)(H,35,42)(H,36,39)(H,40,41). The quantitative estimate of drug-likeness (QED) is 0.0795. The number of Topliss-reactive ketones (excluding diaryl/α,β-unsaturated/α-hetero) is 1. The minimum atomic E-state index is -1.07. The number of rotatable bonds is 31. The van der Waals surface area contributed by atoms with Crippen LogP contribution in [0.3, 0.4) is 0 Å². The first-order valence-corrected chi connectivity index (χ1v) is 16.8. The maximum Gasteiger partial charge on any atom is 0.303 e. The summed E-state index contributed by atoms with van der Waals surface area (Å²) in [5.74, 6) is -1.29. The van der Waals surface area contributed by atoms with Crippen LogP contribution in [0.4, 0.5) is 0 Å². The Morgan fingerprint density at radius 2 is 1.05 bits per heavy atom. The van der Waals surface area contributed by atoms with E-state index in [9.17, 15) is 24.0 Å². The first-order valence-electron chi connectivity index (χ1n) is 16.8. The molecule has 4 N–H and O–H groups in total. The van der Waals surface area contributed by atoms with Crippen LogP contribution in [0.15, 0.2) is 0 Å². The molecule has 11 heteroatoms. The Bertz CT molecular complexity index is 804. The van der Waals surface area contributed by atoms with Crippen LogP contribution in [0.25, 0.3) is 0 Å². The molecule has 0 unspecified atom stereocenters. The largest absolute Gasteiger partial charge is 0.481 e. The Morgan fingerprint density at radius 1 is 0.568 bits per heavy atom. The van der Waals surface area contributed by atoms with Gasteiger partial charge in [0.15, 0.2) is 5.78 Å². The van der Waals surface area contributed by atoms with Gasteiger partial charge in [-0.25, -0.2) is 0 Å². The molecule has 0 aromatic rings. The van der Waals surface area contributed by atoms with Gasteiger partial charge in [-0.3, -0.25) is 24.0 Å². The number of carbonyl (C=O) groups excluding carboxylic acids is 4. The van der Waals surface area contributed by atoms with Crippen LogP contribution in [-0.4, -0.2) is 79.6 Å². The van der Waals surface area contributed by atoms with Crippen LogP contribution < -0.4 is 16.0 Å². The number of ether oxygens (including phenoxy) is 2. The third kappa shape index (κ3) is 28.3. The fraction of sp³-hybridized carbons (Fsp3) is 0.848. The van der Waals surface area contributed by atoms with Crippen LogP contribution in [0.2, 0.25) is 0 Å². The normalized spacial score (nSPS) is 11.2. The summed E-state index contributed by atoms with van der Waals surface area (Å²) in [5, 5.41) is 17.0. The van der Waals surface area contributed by atoms with Gasteiger partial charge in [0.05, 0.1) is 19.8 Å². The molecule has 11 nitrogen and oxygen atoms in total. The third-order valence-corrected chi connectivity index (χ3v) is 7.18. The molecule has 0 atom stereocenters. The van der Waals surface area contributed by atoms with E-state index in [-0.39, 0.29) is 36.5 Å². The second-order valence-corrected chi connectivity index (χ2v) is 12.1. The van der Waals surface area contributed by atoms with E-state index < -0.39 is 11.5 Å². The molecule has 0 aliphatic heterocycles. The van der Waals surface area contributed by atoms with Crippen molar-refractivity contribution < 1.29 is 38.6 Å². The maximum atomic E-state index is 12.4. The summed E-state index contributed by atoms with van der Waals surface area (Å²) in [6, 6.07) is 0. The zero-order valence-electron chi connectivity index (χ0n) is 27.8. The van der Waals surface area contributed by atoms with Crippen LogP contribution in [0.5, 0.6) is 0 Å². The van der Waals surface area contributed by atoms with Crippen molar-refractivity contribution in [2.75, 3.05) is 39.5 Å². The predicted octanol–water partition coefficient (Wildman–Crippen LogP) is 4.84. The number of amides is 3. The van der Waals surface area contributed by atoms with Crippen molar-refractivity contribution in [3.8, 4) is 0 Å². The van der Waals surface area contributed by atoms with E-state index in [2.05, 4.69) is 16.0 Å². The Morgan fingerprint density at radius 3 is 1.57 bits per heavy atom. The van der Waals surface area contributed by atoms with Gasteiger partial charge in [0, 0.05) is 32.4 Å². The molecule has 0 bridgehead atoms. The van der Waals surface area contributed by atoms with Gasteiger partial charge >= 0.3 is 5.97 Å². The van der Waals surface area contributed by atoms with E-state index >= 15 is 0 Å². The smallest absolute Gasteiger partial charge is 0.303 e. The number of carboxylic acids is 1. The van der Waals surface area contributed by atoms with Crippen molar-refractivity contribution in [2.24, 2.45) is 0 Å². The Kier molecular flexibility index (Phi) is 26.4. The van der Waals surface area contributed by atoms with Crippen LogP contribution >= 0.6 is 0 Å². The monoisotopic (exact) mass is 627 g/mol. The molecule has 256 valence electrons. The van der Waals surface area contributed by atoms with Crippen molar-refractivity contribution in [1.82, 2.24) is 16.0 Å². The molecule has 0 rings (SSSR count). The van der Waals surface area contributed by atoms with Gasteiger partial charge in [0.1, 0.15) is 12.1 Å². The van der Waals surface area contributed by atoms with E-state index in [0.29, 0.717) is 52.2 Å². The molecule has 0 spiro atoms. The summed E-state index contributed by atoms with van der Waals surface area (Å²) in [7, 11) is 0. The van der Waals surface area contributed by atoms with Crippen molar-refractivity contribution in [3.05, 3.63) is 0 Å². The highest BCUT2D eigenvalue weighted by Gasteiger charge is 2.28. The van der Waals surface area contributed by atoms with Gasteiger partial charge in [-0.15, -0.1) is 0 Å². The first-order chi connectivity index (χ1) is 21.0. The lowest BCUT2D eigenvalue weighted by Crippen LogP contribution is -2.55. The number of nitrogens with one attached hydrogen (secondary N) is 3. The number of ketones is 1. The number of aliphatic carboxylic acids is 1. The topological polar surface area (TPSA) is 160 Å². The van der Waals surface area contributed by atoms with E-state index in [4.69, 9.17) is 14.6 Å². The highest BCUT2D eigenvalue weighted by Crippen LogP contribution is 2.14. The summed E-state index contributed by atoms with van der Waals surface area (Å²) < 4.78 is 10.4. The minimum absolute atomic E-state index is 0.0136. The lowest BCUT2D eigenvalue weighted by molar-refractivity contribution is -0.137. The number of hydrogen-bond acceptors (Lipinski definition) is 7. The molecular weight excluding hydrogens is 566 g/mol. The van der Waals surface area contributed by atoms with Gasteiger partial charge < -0.3 is 30.5 Å². The zero-order valence-corrected chi connectivity index (χ0v) is 27.8. The zero-order chi connectivity index (χ0) is 32.9. The molecule has 0 aliphatic carbocycles. The highest BCUT2D eigenvalue weighted by molar-refractivity contribution is 5.90. The second kappa shape index (κ2) is 28.0. The van der Waals surface area contributed by atoms with Crippen LogP contribution in [-0.2, 0) is 33.4 Å². The summed E-state index contributed by atoms with van der Waals surface area (Å²) >= 11 is 0. The number of carbonyl (C=O) groups is 5. The summed E-state index contributed by atoms with van der Waals surface area (Å²) in [6.45, 7) is 6.42. The number of unbranched alkanes of at least 4 members (excludes halogenated alkanes) is 13. The molecule has 44 heavy (non-hydrogen) atoms. The van der Waals surface area contributed by atoms with E-state index in [1.54, 1.807) is 13.8 Å². The molecule has 0 heterocycles. The Balaban J connectivity index is 3.60. The molecular formula is C33H61N3O8. The molecule has 0 aliphatic rings. The van der Waals surface area contributed by atoms with E-state index in [1.807, 2.05) is 0 Å². The van der Waals surface area contributed by atoms with Crippen molar-refractivity contribution >= 4 is 29.5 Å². The fourth-order valence-electron chi connectivity index (χ4n) is 4.61. The van der Waals surface area contributed by atoms with Crippen LogP contribution in [0.1, 0.15) is 136 Å². The molecule has 0 aromatic heterocycles. The minimum Gasteiger partial charge on any atom is -0.481 e. The van der Waals surface area contributed by atoms with Gasteiger partial charge in [-0.2, -0.15) is 0 Å². The van der Waals surface area contributed by atoms with Gasteiger partial charge in [0.2, 0.25) is 17.7 Å². The maximum absolute atomic E-state index is 12.4. The average molecular weight is 628 g/mol. The summed E-state index contributed by atoms with van der Waals surface area (Å²) in [6.07, 6.45) is 17.6. The lowest BCUT2D eigenvalue weighted by atomic mass is 10.0. The summed E-state index contributed by atoms with van der Waals surface area (Å²) in [5.41, 5.74) is -1.07. The highest BCUT2D eigenvalue weighted by atomic mass is 16.5. The molecule has 0 fully saturated rings. The first kappa shape index (κ1) is 41.5. The number of hydrogen-bond donors (Lipinski definition) is 4. The third-order valence-electron chi connectivity index (χ3n) is 7.18. The SMILES string of the molecule is CC(=O)COCCOCCNC(=O)C(C)(C)NC(=O)CCCNC(=O)CCCCCCCCCCCCCCCCC(=O)O. The summed E-state index contributed by atoms with van der Waals surface area (Å²) in [4.78, 5) is 58.0. The second-order valence-electron chi connectivity index (χ2n) is 12.1. The van der Waals surface area contributed by atoms with E-state index in [1.165, 1.54) is 58.3 Å². The Labute approximate surface area is 265 Å². The lowest BCUT2D eigenvalue weighted by Gasteiger charge is -2.25. The molecule has 0 radical (unpaired) electrons. The van der Waals surface area contributed by atoms with Crippen molar-refractivity contribution in [1.29, 1.82) is 0 Å². The van der Waals surface area contributed by atoms with Gasteiger partial charge in [-0.05, 0) is 40.0 Å². The molecule has 3 amide bonds. The predicted molar refractivity (Wildman–Crippen MR) is 171 cm³/mol. The van der Waals surface area contributed by atoms with Gasteiger partial charge in [0.25, 0.3) is 0 Å². The van der Waals surface area contributed by atoms with Crippen molar-refractivity contribution in [2.45, 2.75) is 142 Å². The fourth-order valence-corrected chi connectivity index (χ4v) is 4.61. The molecule has 0 saturated carbocycles.